The highest BCUT2D eigenvalue weighted by atomic mass is 16.5. The Hall–Kier alpha value is -0.940. The van der Waals surface area contributed by atoms with E-state index in [0.29, 0.717) is 12.3 Å². The van der Waals surface area contributed by atoms with Crippen LogP contribution >= 0.6 is 0 Å². The summed E-state index contributed by atoms with van der Waals surface area (Å²) in [6.45, 7) is 7.41. The summed E-state index contributed by atoms with van der Waals surface area (Å²) in [5, 5.41) is 15.0. The van der Waals surface area contributed by atoms with Gasteiger partial charge in [-0.2, -0.15) is 5.10 Å². The van der Waals surface area contributed by atoms with Gasteiger partial charge in [-0.15, -0.1) is 0 Å². The van der Waals surface area contributed by atoms with Crippen molar-refractivity contribution in [3.05, 3.63) is 12.2 Å². The van der Waals surface area contributed by atoms with E-state index in [-0.39, 0.29) is 0 Å². The molecule has 5 nitrogen and oxygen atoms in total. The summed E-state index contributed by atoms with van der Waals surface area (Å²) in [6.07, 6.45) is 5.63. The first-order chi connectivity index (χ1) is 9.97. The number of ether oxygens (including phenoxy) is 1. The average molecular weight is 295 g/mol. The molecular weight excluding hydrogens is 266 g/mol. The number of rotatable bonds is 6. The van der Waals surface area contributed by atoms with Crippen LogP contribution in [0.25, 0.3) is 0 Å². The maximum absolute atomic E-state index is 10.7. The third kappa shape index (κ3) is 3.83. The zero-order valence-corrected chi connectivity index (χ0v) is 13.7. The van der Waals surface area contributed by atoms with Gasteiger partial charge in [-0.25, -0.2) is 9.67 Å². The average Bonchev–Trinajstić information content (AvgIpc) is 2.86. The van der Waals surface area contributed by atoms with Crippen LogP contribution < -0.4 is 0 Å². The van der Waals surface area contributed by atoms with Crippen LogP contribution in [0.1, 0.15) is 52.3 Å². The Balaban J connectivity index is 2.06. The quantitative estimate of drug-likeness (QED) is 0.875. The van der Waals surface area contributed by atoms with Crippen molar-refractivity contribution in [2.75, 3.05) is 7.11 Å². The Morgan fingerprint density at radius 3 is 2.67 bits per heavy atom. The van der Waals surface area contributed by atoms with Gasteiger partial charge in [0.05, 0.1) is 11.7 Å². The molecule has 5 heteroatoms. The molecule has 1 saturated carbocycles. The van der Waals surface area contributed by atoms with Crippen molar-refractivity contribution in [3.8, 4) is 0 Å². The van der Waals surface area contributed by atoms with Crippen molar-refractivity contribution in [2.45, 2.75) is 71.1 Å². The van der Waals surface area contributed by atoms with Crippen LogP contribution in [0.3, 0.4) is 0 Å². The van der Waals surface area contributed by atoms with Gasteiger partial charge in [0.15, 0.2) is 0 Å². The molecule has 1 aromatic heterocycles. The van der Waals surface area contributed by atoms with E-state index in [1.807, 2.05) is 4.68 Å². The van der Waals surface area contributed by atoms with E-state index in [4.69, 9.17) is 4.74 Å². The summed E-state index contributed by atoms with van der Waals surface area (Å²) in [5.41, 5.74) is -0.416. The lowest BCUT2D eigenvalue weighted by molar-refractivity contribution is -0.128. The highest BCUT2D eigenvalue weighted by Crippen LogP contribution is 2.37. The van der Waals surface area contributed by atoms with E-state index in [1.165, 1.54) is 0 Å². The summed E-state index contributed by atoms with van der Waals surface area (Å²) >= 11 is 0. The Labute approximate surface area is 127 Å². The van der Waals surface area contributed by atoms with E-state index in [9.17, 15) is 5.11 Å². The minimum Gasteiger partial charge on any atom is -0.390 e. The SMILES string of the molecule is COC1(C(O)Cc2ncnn2CC(C)C)CCC(C)CC1. The fourth-order valence-corrected chi connectivity index (χ4v) is 3.23. The lowest BCUT2D eigenvalue weighted by Crippen LogP contribution is -2.48. The normalized spacial score (nSPS) is 28.0. The third-order valence-corrected chi connectivity index (χ3v) is 4.74. The van der Waals surface area contributed by atoms with Gasteiger partial charge in [0.25, 0.3) is 0 Å². The smallest absolute Gasteiger partial charge is 0.138 e. The predicted octanol–water partition coefficient (Wildman–Crippen LogP) is 2.43. The molecule has 21 heavy (non-hydrogen) atoms. The summed E-state index contributed by atoms with van der Waals surface area (Å²) in [6, 6.07) is 0. The highest BCUT2D eigenvalue weighted by Gasteiger charge is 2.41. The van der Waals surface area contributed by atoms with Crippen molar-refractivity contribution in [2.24, 2.45) is 11.8 Å². The van der Waals surface area contributed by atoms with Gasteiger partial charge in [0.2, 0.25) is 0 Å². The number of nitrogens with zero attached hydrogens (tertiary/aromatic N) is 3. The molecule has 0 bridgehead atoms. The molecule has 0 saturated heterocycles. The van der Waals surface area contributed by atoms with Gasteiger partial charge in [-0.3, -0.25) is 0 Å². The third-order valence-electron chi connectivity index (χ3n) is 4.74. The number of methoxy groups -OCH3 is 1. The van der Waals surface area contributed by atoms with E-state index in [2.05, 4.69) is 30.9 Å². The van der Waals surface area contributed by atoms with Gasteiger partial charge in [-0.1, -0.05) is 20.8 Å². The monoisotopic (exact) mass is 295 g/mol. The number of aliphatic hydroxyl groups is 1. The van der Waals surface area contributed by atoms with Crippen molar-refractivity contribution in [3.63, 3.8) is 0 Å². The molecule has 1 heterocycles. The number of hydrogen-bond donors (Lipinski definition) is 1. The lowest BCUT2D eigenvalue weighted by Gasteiger charge is -2.41. The molecule has 1 aliphatic rings. The topological polar surface area (TPSA) is 60.2 Å². The molecule has 0 aromatic carbocycles. The zero-order chi connectivity index (χ0) is 15.5. The summed E-state index contributed by atoms with van der Waals surface area (Å²) in [4.78, 5) is 4.32. The molecule has 1 N–H and O–H groups in total. The molecule has 1 unspecified atom stereocenters. The fourth-order valence-electron chi connectivity index (χ4n) is 3.23. The van der Waals surface area contributed by atoms with E-state index >= 15 is 0 Å². The largest absolute Gasteiger partial charge is 0.390 e. The van der Waals surface area contributed by atoms with Crippen LogP contribution in [-0.2, 0) is 17.7 Å². The van der Waals surface area contributed by atoms with E-state index in [1.54, 1.807) is 13.4 Å². The van der Waals surface area contributed by atoms with Crippen molar-refractivity contribution in [1.29, 1.82) is 0 Å². The van der Waals surface area contributed by atoms with Crippen LogP contribution in [0.4, 0.5) is 0 Å². The predicted molar refractivity (Wildman–Crippen MR) is 81.9 cm³/mol. The Morgan fingerprint density at radius 2 is 2.10 bits per heavy atom. The van der Waals surface area contributed by atoms with Crippen LogP contribution in [0.5, 0.6) is 0 Å². The van der Waals surface area contributed by atoms with Gasteiger partial charge in [0.1, 0.15) is 12.2 Å². The van der Waals surface area contributed by atoms with Gasteiger partial charge in [-0.05, 0) is 37.5 Å². The van der Waals surface area contributed by atoms with Crippen LogP contribution in [-0.4, -0.2) is 38.7 Å². The number of aromatic nitrogens is 3. The minimum absolute atomic E-state index is 0.416. The maximum Gasteiger partial charge on any atom is 0.138 e. The molecule has 2 rings (SSSR count). The first-order valence-electron chi connectivity index (χ1n) is 8.06. The first kappa shape index (κ1) is 16.4. The van der Waals surface area contributed by atoms with Crippen LogP contribution in [0.15, 0.2) is 6.33 Å². The molecule has 120 valence electrons. The van der Waals surface area contributed by atoms with Gasteiger partial charge < -0.3 is 9.84 Å². The fraction of sp³-hybridized carbons (Fsp3) is 0.875. The van der Waals surface area contributed by atoms with Crippen molar-refractivity contribution >= 4 is 0 Å². The second kappa shape index (κ2) is 6.88. The highest BCUT2D eigenvalue weighted by molar-refractivity contribution is 4.98. The molecule has 0 radical (unpaired) electrons. The first-order valence-corrected chi connectivity index (χ1v) is 8.06. The zero-order valence-electron chi connectivity index (χ0n) is 13.7. The number of hydrogen-bond acceptors (Lipinski definition) is 4. The molecule has 1 fully saturated rings. The Morgan fingerprint density at radius 1 is 1.43 bits per heavy atom. The van der Waals surface area contributed by atoms with Gasteiger partial charge >= 0.3 is 0 Å². The minimum atomic E-state index is -0.523. The van der Waals surface area contributed by atoms with Crippen molar-refractivity contribution < 1.29 is 9.84 Å². The van der Waals surface area contributed by atoms with E-state index < -0.39 is 11.7 Å². The molecule has 0 amide bonds. The van der Waals surface area contributed by atoms with Crippen LogP contribution in [0, 0.1) is 11.8 Å². The Bertz CT molecular complexity index is 436. The maximum atomic E-state index is 10.7. The summed E-state index contributed by atoms with van der Waals surface area (Å²) in [7, 11) is 1.72. The number of aliphatic hydroxyl groups excluding tert-OH is 1. The molecular formula is C16H29N3O2. The molecule has 1 atom stereocenters. The second-order valence-corrected chi connectivity index (χ2v) is 6.92. The van der Waals surface area contributed by atoms with E-state index in [0.717, 1.165) is 44.0 Å². The summed E-state index contributed by atoms with van der Waals surface area (Å²) in [5.74, 6) is 2.09. The Kier molecular flexibility index (Phi) is 5.38. The second-order valence-electron chi connectivity index (χ2n) is 6.92. The van der Waals surface area contributed by atoms with Crippen molar-refractivity contribution in [1.82, 2.24) is 14.8 Å². The van der Waals surface area contributed by atoms with Gasteiger partial charge in [0, 0.05) is 20.1 Å². The molecule has 0 aliphatic heterocycles. The lowest BCUT2D eigenvalue weighted by atomic mass is 9.75. The summed E-state index contributed by atoms with van der Waals surface area (Å²) < 4.78 is 7.66. The molecule has 0 spiro atoms. The standard InChI is InChI=1S/C16H29N3O2/c1-12(2)10-19-15(17-11-18-19)9-14(20)16(21-4)7-5-13(3)6-8-16/h11-14,20H,5-10H2,1-4H3. The molecule has 1 aromatic rings. The van der Waals surface area contributed by atoms with Crippen LogP contribution in [0.2, 0.25) is 0 Å². The molecule has 1 aliphatic carbocycles.